The van der Waals surface area contributed by atoms with Crippen LogP contribution in [0.1, 0.15) is 11.1 Å². The van der Waals surface area contributed by atoms with Gasteiger partial charge in [-0.3, -0.25) is 9.89 Å². The summed E-state index contributed by atoms with van der Waals surface area (Å²) in [7, 11) is 2.03. The zero-order valence-corrected chi connectivity index (χ0v) is 15.4. The fourth-order valence-corrected chi connectivity index (χ4v) is 4.02. The van der Waals surface area contributed by atoms with Gasteiger partial charge in [-0.15, -0.1) is 0 Å². The van der Waals surface area contributed by atoms with E-state index in [1.807, 2.05) is 7.05 Å². The second-order valence-corrected chi connectivity index (χ2v) is 7.02. The molecule has 1 heterocycles. The second kappa shape index (κ2) is 7.71. The topological polar surface area (TPSA) is 19.5 Å². The Morgan fingerprint density at radius 2 is 1.58 bits per heavy atom. The zero-order chi connectivity index (χ0) is 17.8. The number of quaternary nitrogens is 1. The molecule has 3 aromatic rings. The van der Waals surface area contributed by atoms with Gasteiger partial charge in [-0.05, 0) is 22.9 Å². The summed E-state index contributed by atoms with van der Waals surface area (Å²) in [6.07, 6.45) is 0. The summed E-state index contributed by atoms with van der Waals surface area (Å²) in [6, 6.07) is 26.1. The molecule has 1 aliphatic heterocycles. The molecule has 0 spiro atoms. The first-order valence-corrected chi connectivity index (χ1v) is 9.50. The van der Waals surface area contributed by atoms with Crippen molar-refractivity contribution in [1.29, 1.82) is 0 Å². The first-order valence-electron chi connectivity index (χ1n) is 9.50. The van der Waals surface area contributed by atoms with Crippen LogP contribution in [0.25, 0.3) is 10.8 Å². The molecule has 3 nitrogen and oxygen atoms in total. The van der Waals surface area contributed by atoms with Gasteiger partial charge in [0.15, 0.2) is 0 Å². The maximum Gasteiger partial charge on any atom is 0.277 e. The predicted molar refractivity (Wildman–Crippen MR) is 108 cm³/mol. The van der Waals surface area contributed by atoms with Crippen LogP contribution in [0.15, 0.2) is 72.8 Å². The van der Waals surface area contributed by atoms with Crippen molar-refractivity contribution < 1.29 is 9.48 Å². The third kappa shape index (κ3) is 3.49. The molecule has 0 atom stereocenters. The molecule has 26 heavy (non-hydrogen) atoms. The van der Waals surface area contributed by atoms with Crippen LogP contribution in [0.4, 0.5) is 0 Å². The molecule has 1 aliphatic rings. The second-order valence-electron chi connectivity index (χ2n) is 7.02. The van der Waals surface area contributed by atoms with Gasteiger partial charge in [-0.1, -0.05) is 60.7 Å². The Morgan fingerprint density at radius 1 is 0.885 bits per heavy atom. The van der Waals surface area contributed by atoms with Crippen LogP contribution in [0.2, 0.25) is 0 Å². The lowest BCUT2D eigenvalue weighted by Crippen LogP contribution is -3.13. The first kappa shape index (κ1) is 16.8. The minimum Gasteiger partial charge on any atom is -0.325 e. The Morgan fingerprint density at radius 3 is 2.35 bits per heavy atom. The number of fused-ring (bicyclic) bond motifs is 1. The molecule has 0 aliphatic carbocycles. The van der Waals surface area contributed by atoms with Crippen LogP contribution in [-0.4, -0.2) is 43.6 Å². The van der Waals surface area contributed by atoms with Gasteiger partial charge < -0.3 is 4.90 Å². The summed E-state index contributed by atoms with van der Waals surface area (Å²) in [6.45, 7) is 5.62. The molecule has 2 N–H and O–H groups in total. The molecular weight excluding hydrogens is 318 g/mol. The summed E-state index contributed by atoms with van der Waals surface area (Å²) in [5.74, 6) is 1.25. The summed E-state index contributed by atoms with van der Waals surface area (Å²) < 4.78 is 2.49. The molecule has 4 rings (SSSR count). The van der Waals surface area contributed by atoms with Crippen molar-refractivity contribution in [2.45, 2.75) is 6.54 Å². The van der Waals surface area contributed by atoms with Crippen LogP contribution >= 0.6 is 0 Å². The molecule has 3 heteroatoms. The SMILES string of the molecule is CNC(c1ccccc1)=[N+]1CC[NH+](Cc2cccc3ccccc23)CC1. The van der Waals surface area contributed by atoms with Crippen LogP contribution < -0.4 is 10.2 Å². The lowest BCUT2D eigenvalue weighted by atomic mass is 10.0. The maximum atomic E-state index is 3.41. The van der Waals surface area contributed by atoms with Crippen molar-refractivity contribution in [3.63, 3.8) is 0 Å². The monoisotopic (exact) mass is 345 g/mol. The number of benzene rings is 3. The lowest BCUT2D eigenvalue weighted by Gasteiger charge is -2.26. The fraction of sp³-hybridized carbons (Fsp3) is 0.261. The Balaban J connectivity index is 1.49. The van der Waals surface area contributed by atoms with Crippen molar-refractivity contribution in [2.24, 2.45) is 0 Å². The number of amidine groups is 1. The van der Waals surface area contributed by atoms with Gasteiger partial charge in [0, 0.05) is 5.56 Å². The fourth-order valence-electron chi connectivity index (χ4n) is 4.02. The quantitative estimate of drug-likeness (QED) is 0.549. The van der Waals surface area contributed by atoms with E-state index in [1.54, 1.807) is 4.90 Å². The van der Waals surface area contributed by atoms with Crippen LogP contribution in [0, 0.1) is 0 Å². The minimum atomic E-state index is 1.09. The largest absolute Gasteiger partial charge is 0.325 e. The molecule has 3 aromatic carbocycles. The molecule has 0 aromatic heterocycles. The number of hydrogen-bond donors (Lipinski definition) is 2. The highest BCUT2D eigenvalue weighted by molar-refractivity contribution is 5.94. The van der Waals surface area contributed by atoms with E-state index in [4.69, 9.17) is 0 Å². The molecular formula is C23H27N3+2. The van der Waals surface area contributed by atoms with E-state index < -0.39 is 0 Å². The summed E-state index contributed by atoms with van der Waals surface area (Å²) in [4.78, 5) is 1.67. The average Bonchev–Trinajstić information content (AvgIpc) is 2.71. The normalized spacial score (nSPS) is 17.3. The smallest absolute Gasteiger partial charge is 0.277 e. The highest BCUT2D eigenvalue weighted by atomic mass is 15.2. The van der Waals surface area contributed by atoms with Gasteiger partial charge in [0.2, 0.25) is 0 Å². The molecule has 1 saturated heterocycles. The van der Waals surface area contributed by atoms with Gasteiger partial charge in [0.05, 0.1) is 12.6 Å². The summed E-state index contributed by atoms with van der Waals surface area (Å²) in [5.41, 5.74) is 2.74. The lowest BCUT2D eigenvalue weighted by molar-refractivity contribution is -0.944. The molecule has 1 fully saturated rings. The van der Waals surface area contributed by atoms with E-state index in [1.165, 1.54) is 40.8 Å². The Labute approximate surface area is 155 Å². The van der Waals surface area contributed by atoms with Gasteiger partial charge in [0.25, 0.3) is 5.84 Å². The molecule has 0 bridgehead atoms. The van der Waals surface area contributed by atoms with Gasteiger partial charge in [-0.25, -0.2) is 0 Å². The molecule has 132 valence electrons. The predicted octanol–water partition coefficient (Wildman–Crippen LogP) is 1.92. The molecule has 0 amide bonds. The van der Waals surface area contributed by atoms with Crippen LogP contribution in [0.3, 0.4) is 0 Å². The maximum absolute atomic E-state index is 3.41. The Bertz CT molecular complexity index is 900. The highest BCUT2D eigenvalue weighted by Gasteiger charge is 2.24. The van der Waals surface area contributed by atoms with Crippen molar-refractivity contribution in [1.82, 2.24) is 5.32 Å². The van der Waals surface area contributed by atoms with Gasteiger partial charge in [-0.2, -0.15) is 0 Å². The molecule has 0 saturated carbocycles. The third-order valence-electron chi connectivity index (χ3n) is 5.39. The Hall–Kier alpha value is -2.65. The number of piperazine rings is 1. The number of nitrogens with zero attached hydrogens (tertiary/aromatic N) is 1. The van der Waals surface area contributed by atoms with Crippen molar-refractivity contribution in [2.75, 3.05) is 33.2 Å². The van der Waals surface area contributed by atoms with Crippen LogP contribution in [0.5, 0.6) is 0 Å². The van der Waals surface area contributed by atoms with E-state index in [0.717, 1.165) is 19.6 Å². The van der Waals surface area contributed by atoms with E-state index in [-0.39, 0.29) is 0 Å². The number of nitrogens with one attached hydrogen (secondary N) is 2. The van der Waals surface area contributed by atoms with Crippen molar-refractivity contribution in [3.8, 4) is 0 Å². The highest BCUT2D eigenvalue weighted by Crippen LogP contribution is 2.17. The van der Waals surface area contributed by atoms with Crippen molar-refractivity contribution >= 4 is 16.6 Å². The van der Waals surface area contributed by atoms with E-state index >= 15 is 0 Å². The zero-order valence-electron chi connectivity index (χ0n) is 15.4. The number of rotatable bonds is 3. The van der Waals surface area contributed by atoms with E-state index in [2.05, 4.69) is 82.7 Å². The molecule has 0 radical (unpaired) electrons. The standard InChI is InChI=1S/C23H25N3/c1-24-23(20-9-3-2-4-10-20)26-16-14-25(15-17-26)18-21-12-7-11-19-8-5-6-13-22(19)21/h2-13H,14-18H2,1H3/p+2. The van der Waals surface area contributed by atoms with Crippen molar-refractivity contribution in [3.05, 3.63) is 83.9 Å². The molecule has 0 unspecified atom stereocenters. The summed E-state index contributed by atoms with van der Waals surface area (Å²) in [5, 5.41) is 6.16. The number of hydrogen-bond acceptors (Lipinski definition) is 0. The average molecular weight is 345 g/mol. The first-order chi connectivity index (χ1) is 12.8. The van der Waals surface area contributed by atoms with Gasteiger partial charge in [0.1, 0.15) is 32.7 Å². The third-order valence-corrected chi connectivity index (χ3v) is 5.39. The van der Waals surface area contributed by atoms with Gasteiger partial charge >= 0.3 is 0 Å². The van der Waals surface area contributed by atoms with E-state index in [0.29, 0.717) is 0 Å². The minimum absolute atomic E-state index is 1.09. The van der Waals surface area contributed by atoms with E-state index in [9.17, 15) is 0 Å². The summed E-state index contributed by atoms with van der Waals surface area (Å²) >= 11 is 0. The van der Waals surface area contributed by atoms with Crippen LogP contribution in [-0.2, 0) is 6.54 Å². The Kier molecular flexibility index (Phi) is 4.98.